The van der Waals surface area contributed by atoms with Crippen LogP contribution < -0.4 is 0 Å². The first kappa shape index (κ1) is 13.2. The van der Waals surface area contributed by atoms with Gasteiger partial charge in [-0.05, 0) is 18.6 Å². The second kappa shape index (κ2) is 6.64. The average Bonchev–Trinajstić information content (AvgIpc) is 2.38. The van der Waals surface area contributed by atoms with Crippen molar-refractivity contribution in [2.75, 3.05) is 13.6 Å². The fourth-order valence-electron chi connectivity index (χ4n) is 1.51. The number of pyridine rings is 1. The Labute approximate surface area is 102 Å². The van der Waals surface area contributed by atoms with E-state index in [1.165, 1.54) is 6.20 Å². The van der Waals surface area contributed by atoms with Gasteiger partial charge in [0.25, 0.3) is 5.91 Å². The number of nitriles is 1. The van der Waals surface area contributed by atoms with E-state index in [9.17, 15) is 4.79 Å². The molecule has 0 fully saturated rings. The van der Waals surface area contributed by atoms with Crippen LogP contribution >= 0.6 is 0 Å². The number of amides is 1. The zero-order valence-electron chi connectivity index (χ0n) is 10.3. The van der Waals surface area contributed by atoms with Gasteiger partial charge < -0.3 is 4.90 Å². The number of rotatable bonds is 5. The van der Waals surface area contributed by atoms with Gasteiger partial charge in [-0.15, -0.1) is 0 Å². The Balaban J connectivity index is 2.59. The lowest BCUT2D eigenvalue weighted by atomic mass is 10.2. The van der Waals surface area contributed by atoms with Crippen LogP contribution in [-0.2, 0) is 0 Å². The van der Waals surface area contributed by atoms with Gasteiger partial charge in [-0.3, -0.25) is 4.79 Å². The minimum absolute atomic E-state index is 0.0434. The highest BCUT2D eigenvalue weighted by Gasteiger charge is 2.11. The molecular formula is C13H17N3O. The van der Waals surface area contributed by atoms with Gasteiger partial charge in [-0.2, -0.15) is 5.26 Å². The molecule has 1 aromatic heterocycles. The lowest BCUT2D eigenvalue weighted by molar-refractivity contribution is 0.0792. The summed E-state index contributed by atoms with van der Waals surface area (Å²) in [4.78, 5) is 17.5. The van der Waals surface area contributed by atoms with Crippen LogP contribution in [0.3, 0.4) is 0 Å². The first-order chi connectivity index (χ1) is 8.19. The van der Waals surface area contributed by atoms with E-state index in [1.54, 1.807) is 24.1 Å². The number of hydrogen-bond acceptors (Lipinski definition) is 3. The molecule has 0 N–H and O–H groups in total. The molecule has 0 aliphatic rings. The van der Waals surface area contributed by atoms with Crippen molar-refractivity contribution in [3.63, 3.8) is 0 Å². The van der Waals surface area contributed by atoms with Crippen molar-refractivity contribution in [2.45, 2.75) is 26.2 Å². The van der Waals surface area contributed by atoms with E-state index in [-0.39, 0.29) is 5.91 Å². The van der Waals surface area contributed by atoms with Gasteiger partial charge in [0.1, 0.15) is 11.8 Å². The smallest absolute Gasteiger partial charge is 0.255 e. The molecule has 0 saturated heterocycles. The number of unbranched alkanes of at least 4 members (excludes halogenated alkanes) is 2. The predicted molar refractivity (Wildman–Crippen MR) is 65.4 cm³/mol. The van der Waals surface area contributed by atoms with Gasteiger partial charge in [0.05, 0.1) is 5.56 Å². The van der Waals surface area contributed by atoms with Crippen LogP contribution in [0.4, 0.5) is 0 Å². The third kappa shape index (κ3) is 3.87. The standard InChI is InChI=1S/C13H17N3O/c1-3-4-5-8-16(2)13(17)11-6-7-12(9-14)15-10-11/h6-7,10H,3-5,8H2,1-2H3. The molecule has 4 nitrogen and oxygen atoms in total. The number of carbonyl (C=O) groups is 1. The van der Waals surface area contributed by atoms with Crippen LogP contribution in [-0.4, -0.2) is 29.4 Å². The van der Waals surface area contributed by atoms with Crippen LogP contribution in [0.1, 0.15) is 42.2 Å². The van der Waals surface area contributed by atoms with Gasteiger partial charge in [0, 0.05) is 19.8 Å². The van der Waals surface area contributed by atoms with Gasteiger partial charge in [0.2, 0.25) is 0 Å². The molecule has 17 heavy (non-hydrogen) atoms. The minimum Gasteiger partial charge on any atom is -0.342 e. The van der Waals surface area contributed by atoms with Gasteiger partial charge in [0.15, 0.2) is 0 Å². The molecule has 1 heterocycles. The van der Waals surface area contributed by atoms with Gasteiger partial charge in [-0.25, -0.2) is 4.98 Å². The average molecular weight is 231 g/mol. The Bertz CT molecular complexity index is 406. The van der Waals surface area contributed by atoms with E-state index in [0.717, 1.165) is 25.8 Å². The number of hydrogen-bond donors (Lipinski definition) is 0. The maximum atomic E-state index is 11.9. The van der Waals surface area contributed by atoms with Crippen LogP contribution in [0.2, 0.25) is 0 Å². The van der Waals surface area contributed by atoms with E-state index >= 15 is 0 Å². The fraction of sp³-hybridized carbons (Fsp3) is 0.462. The van der Waals surface area contributed by atoms with Crippen LogP contribution in [0.5, 0.6) is 0 Å². The SMILES string of the molecule is CCCCCN(C)C(=O)c1ccc(C#N)nc1. The third-order valence-electron chi connectivity index (χ3n) is 2.57. The molecule has 0 unspecified atom stereocenters. The Morgan fingerprint density at radius 3 is 2.76 bits per heavy atom. The molecule has 0 atom stereocenters. The van der Waals surface area contributed by atoms with E-state index in [2.05, 4.69) is 11.9 Å². The summed E-state index contributed by atoms with van der Waals surface area (Å²) in [6.45, 7) is 2.89. The fourth-order valence-corrected chi connectivity index (χ4v) is 1.51. The Morgan fingerprint density at radius 1 is 1.47 bits per heavy atom. The summed E-state index contributed by atoms with van der Waals surface area (Å²) in [6.07, 6.45) is 4.74. The summed E-state index contributed by atoms with van der Waals surface area (Å²) in [5.41, 5.74) is 0.859. The van der Waals surface area contributed by atoms with Crippen LogP contribution in [0.15, 0.2) is 18.3 Å². The Morgan fingerprint density at radius 2 is 2.24 bits per heavy atom. The molecular weight excluding hydrogens is 214 g/mol. The van der Waals surface area contributed by atoms with Crippen molar-refractivity contribution in [3.8, 4) is 6.07 Å². The van der Waals surface area contributed by atoms with Gasteiger partial charge in [-0.1, -0.05) is 19.8 Å². The lowest BCUT2D eigenvalue weighted by Gasteiger charge is -2.16. The van der Waals surface area contributed by atoms with E-state index in [0.29, 0.717) is 11.3 Å². The topological polar surface area (TPSA) is 57.0 Å². The number of aromatic nitrogens is 1. The number of carbonyl (C=O) groups excluding carboxylic acids is 1. The zero-order valence-corrected chi connectivity index (χ0v) is 10.3. The summed E-state index contributed by atoms with van der Waals surface area (Å²) in [5, 5.41) is 8.61. The molecule has 0 radical (unpaired) electrons. The second-order valence-corrected chi connectivity index (χ2v) is 3.98. The van der Waals surface area contributed by atoms with Crippen molar-refractivity contribution in [3.05, 3.63) is 29.6 Å². The molecule has 1 rings (SSSR count). The summed E-state index contributed by atoms with van der Waals surface area (Å²) in [7, 11) is 1.79. The largest absolute Gasteiger partial charge is 0.342 e. The lowest BCUT2D eigenvalue weighted by Crippen LogP contribution is -2.27. The molecule has 4 heteroatoms. The number of nitrogens with zero attached hydrogens (tertiary/aromatic N) is 3. The maximum Gasteiger partial charge on any atom is 0.255 e. The molecule has 0 bridgehead atoms. The molecule has 0 aliphatic carbocycles. The molecule has 90 valence electrons. The highest BCUT2D eigenvalue weighted by Crippen LogP contribution is 2.05. The van der Waals surface area contributed by atoms with Crippen LogP contribution in [0, 0.1) is 11.3 Å². The summed E-state index contributed by atoms with van der Waals surface area (Å²) >= 11 is 0. The molecule has 1 aromatic rings. The van der Waals surface area contributed by atoms with Crippen molar-refractivity contribution in [2.24, 2.45) is 0 Å². The Kier molecular flexibility index (Phi) is 5.15. The zero-order chi connectivity index (χ0) is 12.7. The highest BCUT2D eigenvalue weighted by molar-refractivity contribution is 5.93. The van der Waals surface area contributed by atoms with Crippen molar-refractivity contribution < 1.29 is 4.79 Å². The maximum absolute atomic E-state index is 11.9. The van der Waals surface area contributed by atoms with E-state index < -0.39 is 0 Å². The molecule has 0 spiro atoms. The molecule has 0 saturated carbocycles. The summed E-state index contributed by atoms with van der Waals surface area (Å²) in [5.74, 6) is -0.0434. The minimum atomic E-state index is -0.0434. The normalized spacial score (nSPS) is 9.71. The quantitative estimate of drug-likeness (QED) is 0.730. The molecule has 1 amide bonds. The van der Waals surface area contributed by atoms with E-state index in [1.807, 2.05) is 6.07 Å². The monoisotopic (exact) mass is 231 g/mol. The van der Waals surface area contributed by atoms with Crippen molar-refractivity contribution >= 4 is 5.91 Å². The summed E-state index contributed by atoms with van der Waals surface area (Å²) < 4.78 is 0. The van der Waals surface area contributed by atoms with Gasteiger partial charge >= 0.3 is 0 Å². The Hall–Kier alpha value is -1.89. The highest BCUT2D eigenvalue weighted by atomic mass is 16.2. The van der Waals surface area contributed by atoms with Crippen molar-refractivity contribution in [1.82, 2.24) is 9.88 Å². The van der Waals surface area contributed by atoms with Crippen molar-refractivity contribution in [1.29, 1.82) is 5.26 Å². The molecule has 0 aliphatic heterocycles. The van der Waals surface area contributed by atoms with Crippen LogP contribution in [0.25, 0.3) is 0 Å². The summed E-state index contributed by atoms with van der Waals surface area (Å²) in [6, 6.07) is 5.13. The first-order valence-corrected chi connectivity index (χ1v) is 5.80. The third-order valence-corrected chi connectivity index (χ3v) is 2.57. The predicted octanol–water partition coefficient (Wildman–Crippen LogP) is 2.22. The first-order valence-electron chi connectivity index (χ1n) is 5.80. The second-order valence-electron chi connectivity index (χ2n) is 3.98. The van der Waals surface area contributed by atoms with E-state index in [4.69, 9.17) is 5.26 Å². The molecule has 0 aromatic carbocycles.